The Morgan fingerprint density at radius 1 is 1.00 bits per heavy atom. The summed E-state index contributed by atoms with van der Waals surface area (Å²) in [6.45, 7) is 2.60. The van der Waals surface area contributed by atoms with Crippen molar-refractivity contribution in [2.75, 3.05) is 0 Å². The zero-order chi connectivity index (χ0) is 22.7. The van der Waals surface area contributed by atoms with Crippen molar-refractivity contribution >= 4 is 56.5 Å². The molecule has 32 heavy (non-hydrogen) atoms. The van der Waals surface area contributed by atoms with Gasteiger partial charge in [-0.3, -0.25) is 14.5 Å². The molecule has 4 nitrogen and oxygen atoms in total. The Labute approximate surface area is 204 Å². The second-order valence-corrected chi connectivity index (χ2v) is 9.70. The van der Waals surface area contributed by atoms with E-state index in [1.54, 1.807) is 6.08 Å². The number of nitrogens with zero attached hydrogens (tertiary/aromatic N) is 1. The Morgan fingerprint density at radius 3 is 2.41 bits per heavy atom. The molecule has 4 rings (SSSR count). The van der Waals surface area contributed by atoms with Crippen LogP contribution in [0.1, 0.15) is 22.3 Å². The lowest BCUT2D eigenvalue weighted by Crippen LogP contribution is -2.27. The van der Waals surface area contributed by atoms with Crippen LogP contribution in [0.15, 0.2) is 76.1 Å². The van der Waals surface area contributed by atoms with Crippen molar-refractivity contribution in [2.24, 2.45) is 0 Å². The lowest BCUT2D eigenvalue weighted by Gasteiger charge is -2.13. The fourth-order valence-corrected chi connectivity index (χ4v) is 4.49. The zero-order valence-electron chi connectivity index (χ0n) is 17.2. The van der Waals surface area contributed by atoms with Crippen LogP contribution in [0.25, 0.3) is 6.08 Å². The van der Waals surface area contributed by atoms with Gasteiger partial charge >= 0.3 is 0 Å². The van der Waals surface area contributed by atoms with Crippen molar-refractivity contribution in [3.8, 4) is 5.75 Å². The first kappa shape index (κ1) is 22.6. The lowest BCUT2D eigenvalue weighted by molar-refractivity contribution is -0.123. The van der Waals surface area contributed by atoms with E-state index in [1.807, 2.05) is 73.7 Å². The van der Waals surface area contributed by atoms with Gasteiger partial charge in [0.15, 0.2) is 0 Å². The normalized spacial score (nSPS) is 15.0. The highest BCUT2D eigenvalue weighted by Gasteiger charge is 2.35. The minimum absolute atomic E-state index is 0.251. The van der Waals surface area contributed by atoms with E-state index in [9.17, 15) is 9.59 Å². The van der Waals surface area contributed by atoms with Gasteiger partial charge in [-0.25, -0.2) is 0 Å². The molecule has 2 amide bonds. The molecule has 0 radical (unpaired) electrons. The van der Waals surface area contributed by atoms with Crippen LogP contribution in [-0.4, -0.2) is 16.0 Å². The monoisotopic (exact) mass is 527 g/mol. The average Bonchev–Trinajstić information content (AvgIpc) is 3.03. The van der Waals surface area contributed by atoms with Crippen molar-refractivity contribution in [2.45, 2.75) is 20.1 Å². The third-order valence-corrected chi connectivity index (χ3v) is 6.55. The maximum absolute atomic E-state index is 13.0. The number of carbonyl (C=O) groups is 2. The van der Waals surface area contributed by atoms with Crippen molar-refractivity contribution < 1.29 is 14.3 Å². The van der Waals surface area contributed by atoms with Crippen LogP contribution in [0.5, 0.6) is 5.75 Å². The molecule has 1 saturated heterocycles. The predicted molar refractivity (Wildman–Crippen MR) is 133 cm³/mol. The van der Waals surface area contributed by atoms with Crippen molar-refractivity contribution in [1.29, 1.82) is 0 Å². The molecule has 7 heteroatoms. The summed E-state index contributed by atoms with van der Waals surface area (Å²) in [4.78, 5) is 27.1. The molecule has 3 aromatic rings. The molecule has 0 N–H and O–H groups in total. The number of halogens is 2. The van der Waals surface area contributed by atoms with Gasteiger partial charge in [0.05, 0.1) is 11.4 Å². The number of ether oxygens (including phenoxy) is 1. The SMILES string of the molecule is Cc1ccc(CN2C(=O)S/C(=C\c3cc(Br)ccc3OCc3ccc(Cl)cc3)C2=O)cc1. The third kappa shape index (κ3) is 5.44. The summed E-state index contributed by atoms with van der Waals surface area (Å²) in [7, 11) is 0. The molecule has 1 aliphatic heterocycles. The van der Waals surface area contributed by atoms with E-state index < -0.39 is 0 Å². The van der Waals surface area contributed by atoms with Gasteiger partial charge in [0.25, 0.3) is 11.1 Å². The molecule has 0 aliphatic carbocycles. The Balaban J connectivity index is 1.54. The summed E-state index contributed by atoms with van der Waals surface area (Å²) >= 11 is 10.4. The molecule has 0 spiro atoms. The summed E-state index contributed by atoms with van der Waals surface area (Å²) in [5.41, 5.74) is 3.73. The quantitative estimate of drug-likeness (QED) is 0.317. The maximum Gasteiger partial charge on any atom is 0.293 e. The molecule has 0 bridgehead atoms. The van der Waals surface area contributed by atoms with Crippen LogP contribution in [0.2, 0.25) is 5.02 Å². The van der Waals surface area contributed by atoms with Gasteiger partial charge in [0.1, 0.15) is 12.4 Å². The summed E-state index contributed by atoms with van der Waals surface area (Å²) in [6, 6.07) is 20.8. The number of hydrogen-bond donors (Lipinski definition) is 0. The first-order valence-corrected chi connectivity index (χ1v) is 11.9. The molecule has 0 unspecified atom stereocenters. The summed E-state index contributed by atoms with van der Waals surface area (Å²) in [5, 5.41) is 0.389. The lowest BCUT2D eigenvalue weighted by atomic mass is 10.1. The highest BCUT2D eigenvalue weighted by atomic mass is 79.9. The second-order valence-electron chi connectivity index (χ2n) is 7.35. The summed E-state index contributed by atoms with van der Waals surface area (Å²) < 4.78 is 6.85. The van der Waals surface area contributed by atoms with E-state index in [2.05, 4.69) is 15.9 Å². The smallest absolute Gasteiger partial charge is 0.293 e. The van der Waals surface area contributed by atoms with E-state index >= 15 is 0 Å². The largest absolute Gasteiger partial charge is 0.488 e. The fraction of sp³-hybridized carbons (Fsp3) is 0.120. The second kappa shape index (κ2) is 9.94. The van der Waals surface area contributed by atoms with Crippen molar-refractivity contribution in [3.63, 3.8) is 0 Å². The number of amides is 2. The minimum atomic E-state index is -0.302. The molecule has 0 aromatic heterocycles. The van der Waals surface area contributed by atoms with Crippen LogP contribution >= 0.6 is 39.3 Å². The van der Waals surface area contributed by atoms with Crippen LogP contribution in [0.4, 0.5) is 4.79 Å². The van der Waals surface area contributed by atoms with E-state index in [0.29, 0.717) is 27.8 Å². The third-order valence-electron chi connectivity index (χ3n) is 4.90. The van der Waals surface area contributed by atoms with Gasteiger partial charge in [-0.2, -0.15) is 0 Å². The number of aryl methyl sites for hydroxylation is 1. The molecule has 0 saturated carbocycles. The maximum atomic E-state index is 13.0. The standard InChI is InChI=1S/C25H19BrClNO3S/c1-16-2-4-17(5-3-16)14-28-24(29)23(32-25(28)30)13-19-12-20(26)8-11-22(19)31-15-18-6-9-21(27)10-7-18/h2-13H,14-15H2,1H3/b23-13-. The number of carbonyl (C=O) groups excluding carboxylic acids is 2. The molecular weight excluding hydrogens is 510 g/mol. The van der Waals surface area contributed by atoms with E-state index in [4.69, 9.17) is 16.3 Å². The molecule has 1 fully saturated rings. The zero-order valence-corrected chi connectivity index (χ0v) is 20.3. The molecule has 3 aromatic carbocycles. The molecular formula is C25H19BrClNO3S. The van der Waals surface area contributed by atoms with E-state index in [-0.39, 0.29) is 17.7 Å². The van der Waals surface area contributed by atoms with Gasteiger partial charge in [-0.05, 0) is 66.2 Å². The number of imide groups is 1. The first-order valence-electron chi connectivity index (χ1n) is 9.87. The average molecular weight is 529 g/mol. The first-order chi connectivity index (χ1) is 15.4. The Bertz CT molecular complexity index is 1190. The summed E-state index contributed by atoms with van der Waals surface area (Å²) in [5.74, 6) is 0.317. The van der Waals surface area contributed by atoms with Gasteiger partial charge < -0.3 is 4.74 Å². The van der Waals surface area contributed by atoms with Gasteiger partial charge in [0.2, 0.25) is 0 Å². The minimum Gasteiger partial charge on any atom is -0.488 e. The number of benzene rings is 3. The molecule has 1 heterocycles. The van der Waals surface area contributed by atoms with Gasteiger partial charge in [-0.1, -0.05) is 69.5 Å². The fourth-order valence-electron chi connectivity index (χ4n) is 3.16. The summed E-state index contributed by atoms with van der Waals surface area (Å²) in [6.07, 6.45) is 1.71. The number of hydrogen-bond acceptors (Lipinski definition) is 4. The Hall–Kier alpha value is -2.54. The van der Waals surface area contributed by atoms with Crippen molar-refractivity contribution in [3.05, 3.63) is 103 Å². The predicted octanol–water partition coefficient (Wildman–Crippen LogP) is 7.23. The number of rotatable bonds is 6. The van der Waals surface area contributed by atoms with Crippen LogP contribution in [0, 0.1) is 6.92 Å². The Morgan fingerprint density at radius 2 is 1.69 bits per heavy atom. The van der Waals surface area contributed by atoms with Crippen LogP contribution < -0.4 is 4.74 Å². The van der Waals surface area contributed by atoms with Crippen LogP contribution in [-0.2, 0) is 17.9 Å². The van der Waals surface area contributed by atoms with E-state index in [0.717, 1.165) is 32.9 Å². The topological polar surface area (TPSA) is 46.6 Å². The van der Waals surface area contributed by atoms with Crippen molar-refractivity contribution in [1.82, 2.24) is 4.90 Å². The Kier molecular flexibility index (Phi) is 7.04. The van der Waals surface area contributed by atoms with Gasteiger partial charge in [0, 0.05) is 15.1 Å². The highest BCUT2D eigenvalue weighted by Crippen LogP contribution is 2.36. The van der Waals surface area contributed by atoms with E-state index in [1.165, 1.54) is 4.90 Å². The van der Waals surface area contributed by atoms with Gasteiger partial charge in [-0.15, -0.1) is 0 Å². The molecule has 1 aliphatic rings. The number of thioether (sulfide) groups is 1. The van der Waals surface area contributed by atoms with Crippen LogP contribution in [0.3, 0.4) is 0 Å². The molecule has 162 valence electrons. The highest BCUT2D eigenvalue weighted by molar-refractivity contribution is 9.10. The molecule has 0 atom stereocenters.